The molecule has 0 bridgehead atoms. The molecular formula is C25H24ClNO5S. The first-order chi connectivity index (χ1) is 15.9. The highest BCUT2D eigenvalue weighted by Crippen LogP contribution is 2.39. The number of hydrogen-bond acceptors (Lipinski definition) is 6. The number of ether oxygens (including phenoxy) is 2. The summed E-state index contributed by atoms with van der Waals surface area (Å²) in [5.41, 5.74) is 1.58. The SMILES string of the molecule is CCCC(=O)N=C1S/C(=C\c2ccc(OCc3ccccc3Cl)cc2)C(O)=C1C(=O)OCC. The van der Waals surface area contributed by atoms with Gasteiger partial charge in [0.1, 0.15) is 28.7 Å². The maximum Gasteiger partial charge on any atom is 0.344 e. The van der Waals surface area contributed by atoms with E-state index in [2.05, 4.69) is 4.99 Å². The Balaban J connectivity index is 1.79. The number of esters is 1. The molecule has 3 rings (SSSR count). The molecule has 0 atom stereocenters. The topological polar surface area (TPSA) is 85.2 Å². The average molecular weight is 486 g/mol. The number of aliphatic hydroxyl groups excluding tert-OH is 1. The van der Waals surface area contributed by atoms with Gasteiger partial charge in [-0.1, -0.05) is 60.6 Å². The fourth-order valence-corrected chi connectivity index (χ4v) is 4.18. The zero-order valence-corrected chi connectivity index (χ0v) is 19.9. The molecule has 2 aromatic rings. The van der Waals surface area contributed by atoms with Gasteiger partial charge in [0.2, 0.25) is 5.91 Å². The molecule has 2 aromatic carbocycles. The number of amides is 1. The number of benzene rings is 2. The first-order valence-corrected chi connectivity index (χ1v) is 11.7. The average Bonchev–Trinajstić information content (AvgIpc) is 3.09. The zero-order valence-electron chi connectivity index (χ0n) is 18.3. The first-order valence-electron chi connectivity index (χ1n) is 10.5. The van der Waals surface area contributed by atoms with Crippen LogP contribution in [0.2, 0.25) is 5.02 Å². The van der Waals surface area contributed by atoms with Crippen LogP contribution in [-0.4, -0.2) is 28.6 Å². The van der Waals surface area contributed by atoms with Crippen LogP contribution in [0.15, 0.2) is 69.8 Å². The molecule has 8 heteroatoms. The third-order valence-electron chi connectivity index (χ3n) is 4.59. The predicted octanol–water partition coefficient (Wildman–Crippen LogP) is 6.11. The smallest absolute Gasteiger partial charge is 0.344 e. The Bertz CT molecular complexity index is 1120. The van der Waals surface area contributed by atoms with Crippen molar-refractivity contribution in [2.75, 3.05) is 6.61 Å². The third kappa shape index (κ3) is 6.49. The second-order valence-electron chi connectivity index (χ2n) is 7.06. The molecule has 1 N–H and O–H groups in total. The molecule has 0 unspecified atom stereocenters. The summed E-state index contributed by atoms with van der Waals surface area (Å²) in [6, 6.07) is 14.7. The number of nitrogens with zero attached hydrogens (tertiary/aromatic N) is 1. The number of halogens is 1. The molecule has 0 fully saturated rings. The van der Waals surface area contributed by atoms with Crippen LogP contribution >= 0.6 is 23.4 Å². The summed E-state index contributed by atoms with van der Waals surface area (Å²) in [6.07, 6.45) is 2.61. The molecule has 0 spiro atoms. The van der Waals surface area contributed by atoms with Gasteiger partial charge in [0, 0.05) is 17.0 Å². The molecule has 33 heavy (non-hydrogen) atoms. The van der Waals surface area contributed by atoms with Gasteiger partial charge in [-0.2, -0.15) is 0 Å². The van der Waals surface area contributed by atoms with Crippen LogP contribution in [0.4, 0.5) is 0 Å². The molecule has 1 aliphatic rings. The molecule has 0 aromatic heterocycles. The number of carbonyl (C=O) groups is 2. The van der Waals surface area contributed by atoms with Crippen LogP contribution in [0.1, 0.15) is 37.8 Å². The van der Waals surface area contributed by atoms with Crippen molar-refractivity contribution < 1.29 is 24.2 Å². The van der Waals surface area contributed by atoms with Crippen molar-refractivity contribution in [3.05, 3.63) is 80.9 Å². The van der Waals surface area contributed by atoms with Crippen LogP contribution in [-0.2, 0) is 20.9 Å². The van der Waals surface area contributed by atoms with Crippen LogP contribution < -0.4 is 4.74 Å². The lowest BCUT2D eigenvalue weighted by molar-refractivity contribution is -0.138. The van der Waals surface area contributed by atoms with Crippen molar-refractivity contribution in [1.29, 1.82) is 0 Å². The van der Waals surface area contributed by atoms with Crippen LogP contribution in [0, 0.1) is 0 Å². The van der Waals surface area contributed by atoms with Gasteiger partial charge in [0.15, 0.2) is 0 Å². The van der Waals surface area contributed by atoms with Gasteiger partial charge in [-0.15, -0.1) is 0 Å². The van der Waals surface area contributed by atoms with Crippen molar-refractivity contribution in [2.24, 2.45) is 4.99 Å². The van der Waals surface area contributed by atoms with Crippen molar-refractivity contribution >= 4 is 46.4 Å². The summed E-state index contributed by atoms with van der Waals surface area (Å²) >= 11 is 7.22. The Kier molecular flexibility index (Phi) is 8.74. The van der Waals surface area contributed by atoms with Gasteiger partial charge in [-0.3, -0.25) is 4.79 Å². The Morgan fingerprint density at radius 1 is 1.12 bits per heavy atom. The standard InChI is InChI=1S/C25H24ClNO5S/c1-3-7-21(28)27-24-22(25(30)31-4-2)23(29)20(33-24)14-16-10-12-18(13-11-16)32-15-17-8-5-6-9-19(17)26/h5-6,8-14,29H,3-4,7,15H2,1-2H3/b20-14-,27-24?. The molecule has 0 aliphatic carbocycles. The van der Waals surface area contributed by atoms with Gasteiger partial charge in [0.25, 0.3) is 0 Å². The molecule has 0 saturated heterocycles. The highest BCUT2D eigenvalue weighted by Gasteiger charge is 2.33. The first kappa shape index (κ1) is 24.6. The summed E-state index contributed by atoms with van der Waals surface area (Å²) in [4.78, 5) is 28.8. The van der Waals surface area contributed by atoms with Crippen LogP contribution in [0.5, 0.6) is 5.75 Å². The number of aliphatic hydroxyl groups is 1. The van der Waals surface area contributed by atoms with E-state index in [1.807, 2.05) is 43.3 Å². The lowest BCUT2D eigenvalue weighted by atomic mass is 10.1. The van der Waals surface area contributed by atoms with Gasteiger partial charge in [0.05, 0.1) is 11.5 Å². The molecule has 1 heterocycles. The monoisotopic (exact) mass is 485 g/mol. The predicted molar refractivity (Wildman–Crippen MR) is 131 cm³/mol. The van der Waals surface area contributed by atoms with Gasteiger partial charge >= 0.3 is 5.97 Å². The quantitative estimate of drug-likeness (QED) is 0.454. The number of thioether (sulfide) groups is 1. The minimum Gasteiger partial charge on any atom is -0.506 e. The van der Waals surface area contributed by atoms with E-state index in [4.69, 9.17) is 21.1 Å². The third-order valence-corrected chi connectivity index (χ3v) is 5.98. The summed E-state index contributed by atoms with van der Waals surface area (Å²) in [6.45, 7) is 4.02. The molecular weight excluding hydrogens is 462 g/mol. The van der Waals surface area contributed by atoms with E-state index < -0.39 is 5.97 Å². The summed E-state index contributed by atoms with van der Waals surface area (Å²) < 4.78 is 10.8. The maximum atomic E-state index is 12.4. The molecule has 1 amide bonds. The Hall–Kier alpha value is -3.03. The summed E-state index contributed by atoms with van der Waals surface area (Å²) in [5, 5.41) is 11.5. The van der Waals surface area contributed by atoms with Gasteiger partial charge in [-0.05, 0) is 43.2 Å². The molecule has 0 radical (unpaired) electrons. The van der Waals surface area contributed by atoms with Crippen molar-refractivity contribution in [3.8, 4) is 5.75 Å². The lowest BCUT2D eigenvalue weighted by Crippen LogP contribution is -2.14. The number of hydrogen-bond donors (Lipinski definition) is 1. The largest absolute Gasteiger partial charge is 0.506 e. The normalized spacial score (nSPS) is 15.8. The van der Waals surface area contributed by atoms with E-state index in [0.29, 0.717) is 28.7 Å². The minimum atomic E-state index is -0.711. The highest BCUT2D eigenvalue weighted by molar-refractivity contribution is 8.18. The molecule has 1 aliphatic heterocycles. The fraction of sp³-hybridized carbons (Fsp3) is 0.240. The van der Waals surface area contributed by atoms with E-state index in [1.54, 1.807) is 25.1 Å². The highest BCUT2D eigenvalue weighted by atomic mass is 35.5. The van der Waals surface area contributed by atoms with Crippen molar-refractivity contribution in [1.82, 2.24) is 0 Å². The van der Waals surface area contributed by atoms with Gasteiger partial charge < -0.3 is 14.6 Å². The lowest BCUT2D eigenvalue weighted by Gasteiger charge is -2.08. The number of carbonyl (C=O) groups excluding carboxylic acids is 2. The maximum absolute atomic E-state index is 12.4. The summed E-state index contributed by atoms with van der Waals surface area (Å²) in [5.74, 6) is -0.649. The van der Waals surface area contributed by atoms with Crippen LogP contribution in [0.3, 0.4) is 0 Å². The molecule has 6 nitrogen and oxygen atoms in total. The van der Waals surface area contributed by atoms with Crippen LogP contribution in [0.25, 0.3) is 6.08 Å². The molecule has 172 valence electrons. The Morgan fingerprint density at radius 2 is 1.85 bits per heavy atom. The van der Waals surface area contributed by atoms with E-state index in [-0.39, 0.29) is 35.3 Å². The zero-order chi connectivity index (χ0) is 23.8. The Labute approximate surface area is 202 Å². The van der Waals surface area contributed by atoms with Crippen molar-refractivity contribution in [2.45, 2.75) is 33.3 Å². The second-order valence-corrected chi connectivity index (χ2v) is 8.50. The number of rotatable bonds is 8. The second kappa shape index (κ2) is 11.7. The van der Waals surface area contributed by atoms with Gasteiger partial charge in [-0.25, -0.2) is 9.79 Å². The number of aliphatic imine (C=N–C) groups is 1. The van der Waals surface area contributed by atoms with E-state index in [0.717, 1.165) is 22.9 Å². The van der Waals surface area contributed by atoms with E-state index in [9.17, 15) is 14.7 Å². The Morgan fingerprint density at radius 3 is 2.52 bits per heavy atom. The molecule has 0 saturated carbocycles. The van der Waals surface area contributed by atoms with Crippen molar-refractivity contribution in [3.63, 3.8) is 0 Å². The van der Waals surface area contributed by atoms with E-state index >= 15 is 0 Å². The summed E-state index contributed by atoms with van der Waals surface area (Å²) in [7, 11) is 0. The fourth-order valence-electron chi connectivity index (χ4n) is 2.96. The van der Waals surface area contributed by atoms with E-state index in [1.165, 1.54) is 0 Å². The minimum absolute atomic E-state index is 0.0859.